The van der Waals surface area contributed by atoms with Gasteiger partial charge < -0.3 is 14.9 Å². The molecule has 2 aliphatic heterocycles. The molecule has 0 aliphatic carbocycles. The van der Waals surface area contributed by atoms with Gasteiger partial charge >= 0.3 is 24.4 Å². The maximum atomic E-state index is 13.9. The first kappa shape index (κ1) is 30.6. The molecule has 41 heavy (non-hydrogen) atoms. The Bertz CT molecular complexity index is 1300. The second kappa shape index (κ2) is 10.8. The lowest BCUT2D eigenvalue weighted by atomic mass is 9.79. The van der Waals surface area contributed by atoms with Crippen molar-refractivity contribution in [3.63, 3.8) is 0 Å². The van der Waals surface area contributed by atoms with Gasteiger partial charge in [0, 0.05) is 19.1 Å². The smallest absolute Gasteiger partial charge is 0.416 e. The first-order valence-electron chi connectivity index (χ1n) is 13.0. The van der Waals surface area contributed by atoms with Crippen molar-refractivity contribution in [2.75, 3.05) is 13.6 Å². The molecule has 2 N–H and O–H groups in total. The molecule has 2 amide bonds. The summed E-state index contributed by atoms with van der Waals surface area (Å²) >= 11 is 0. The Balaban J connectivity index is 1.68. The molecule has 2 saturated heterocycles. The molecule has 2 aromatic rings. The molecular formula is C28H30F7N3O3. The summed E-state index contributed by atoms with van der Waals surface area (Å²) in [5.74, 6) is -1.49. The Labute approximate surface area is 232 Å². The highest BCUT2D eigenvalue weighted by molar-refractivity contribution is 5.76. The van der Waals surface area contributed by atoms with Gasteiger partial charge in [0.05, 0.1) is 23.2 Å². The number of aryl methyl sites for hydroxylation is 1. The van der Waals surface area contributed by atoms with Gasteiger partial charge in [-0.25, -0.2) is 9.18 Å². The predicted molar refractivity (Wildman–Crippen MR) is 134 cm³/mol. The fraction of sp³-hybridized carbons (Fsp3) is 0.500. The molecule has 0 radical (unpaired) electrons. The van der Waals surface area contributed by atoms with Gasteiger partial charge in [-0.3, -0.25) is 10.1 Å². The van der Waals surface area contributed by atoms with Crippen molar-refractivity contribution in [3.05, 3.63) is 70.0 Å². The third kappa shape index (κ3) is 6.29. The molecule has 0 aromatic heterocycles. The highest BCUT2D eigenvalue weighted by atomic mass is 19.4. The van der Waals surface area contributed by atoms with Crippen LogP contribution < -0.4 is 5.32 Å². The van der Waals surface area contributed by atoms with Crippen LogP contribution in [-0.4, -0.2) is 52.1 Å². The summed E-state index contributed by atoms with van der Waals surface area (Å²) in [5, 5.41) is 12.7. The van der Waals surface area contributed by atoms with Crippen LogP contribution in [0.5, 0.6) is 0 Å². The number of hydrogen-bond acceptors (Lipinski definition) is 3. The number of hydrogen-bond donors (Lipinski definition) is 2. The third-order valence-corrected chi connectivity index (χ3v) is 8.29. The number of rotatable bonds is 4. The highest BCUT2D eigenvalue weighted by Crippen LogP contribution is 2.44. The number of nitrogens with zero attached hydrogens (tertiary/aromatic N) is 2. The van der Waals surface area contributed by atoms with Crippen LogP contribution in [0, 0.1) is 12.7 Å². The number of halogens is 7. The number of amides is 2. The summed E-state index contributed by atoms with van der Waals surface area (Å²) in [6.45, 7) is 3.14. The zero-order chi connectivity index (χ0) is 30.5. The highest BCUT2D eigenvalue weighted by Gasteiger charge is 2.48. The molecule has 0 bridgehead atoms. The van der Waals surface area contributed by atoms with E-state index in [0.717, 1.165) is 4.90 Å². The van der Waals surface area contributed by atoms with Crippen molar-refractivity contribution in [2.45, 2.75) is 75.5 Å². The summed E-state index contributed by atoms with van der Waals surface area (Å²) in [4.78, 5) is 28.0. The largest absolute Gasteiger partial charge is 0.480 e. The standard InChI is InChI=1S/C28H30F7N3O3/c1-15-10-20(29)4-5-21(15)23-14-26(7-6-22(36-26)24(39)40)8-9-38(23)25(41)37(3)16(2)17-11-18(27(30,31)32)13-19(12-17)28(33,34)35/h4-5,10-13,16,22-23,36H,6-9,14H2,1-3H3,(H,39,40)/t16-,22?,23-,26-/m1/s1. The first-order chi connectivity index (χ1) is 18.9. The van der Waals surface area contributed by atoms with Gasteiger partial charge in [0.2, 0.25) is 0 Å². The van der Waals surface area contributed by atoms with Crippen LogP contribution in [0.2, 0.25) is 0 Å². The zero-order valence-corrected chi connectivity index (χ0v) is 22.5. The Morgan fingerprint density at radius 3 is 2.17 bits per heavy atom. The van der Waals surface area contributed by atoms with E-state index in [2.05, 4.69) is 5.32 Å². The van der Waals surface area contributed by atoms with Crippen molar-refractivity contribution >= 4 is 12.0 Å². The summed E-state index contributed by atoms with van der Waals surface area (Å²) in [6, 6.07) is 2.08. The van der Waals surface area contributed by atoms with E-state index in [0.29, 0.717) is 48.9 Å². The number of carboxylic acid groups (broad SMARTS) is 1. The van der Waals surface area contributed by atoms with Crippen LogP contribution in [0.25, 0.3) is 0 Å². The Kier molecular flexibility index (Phi) is 8.07. The van der Waals surface area contributed by atoms with Crippen LogP contribution in [-0.2, 0) is 17.1 Å². The van der Waals surface area contributed by atoms with Gasteiger partial charge in [0.15, 0.2) is 0 Å². The van der Waals surface area contributed by atoms with E-state index in [9.17, 15) is 45.4 Å². The summed E-state index contributed by atoms with van der Waals surface area (Å²) in [7, 11) is 1.30. The average Bonchev–Trinajstić information content (AvgIpc) is 3.29. The van der Waals surface area contributed by atoms with E-state index in [1.165, 1.54) is 37.1 Å². The molecule has 2 fully saturated rings. The minimum Gasteiger partial charge on any atom is -0.480 e. The van der Waals surface area contributed by atoms with Gasteiger partial charge in [-0.2, -0.15) is 26.3 Å². The number of nitrogens with one attached hydrogen (secondary N) is 1. The van der Waals surface area contributed by atoms with Gasteiger partial charge in [-0.15, -0.1) is 0 Å². The number of alkyl halides is 6. The minimum atomic E-state index is -5.03. The fourth-order valence-electron chi connectivity index (χ4n) is 5.88. The van der Waals surface area contributed by atoms with E-state index in [1.807, 2.05) is 0 Å². The van der Waals surface area contributed by atoms with Crippen molar-refractivity contribution in [1.29, 1.82) is 0 Å². The van der Waals surface area contributed by atoms with E-state index in [1.54, 1.807) is 6.92 Å². The number of likely N-dealkylation sites (tertiary alicyclic amines) is 1. The Morgan fingerprint density at radius 2 is 1.66 bits per heavy atom. The summed E-state index contributed by atoms with van der Waals surface area (Å²) < 4.78 is 94.6. The maximum absolute atomic E-state index is 13.9. The lowest BCUT2D eigenvalue weighted by Crippen LogP contribution is -2.56. The van der Waals surface area contributed by atoms with Crippen molar-refractivity contribution in [2.24, 2.45) is 0 Å². The van der Waals surface area contributed by atoms with Gasteiger partial charge in [0.1, 0.15) is 11.9 Å². The number of aliphatic carboxylic acids is 1. The van der Waals surface area contributed by atoms with E-state index in [4.69, 9.17) is 0 Å². The van der Waals surface area contributed by atoms with E-state index < -0.39 is 65.0 Å². The molecule has 6 nitrogen and oxygen atoms in total. The second-order valence-electron chi connectivity index (χ2n) is 10.9. The third-order valence-electron chi connectivity index (χ3n) is 8.29. The van der Waals surface area contributed by atoms with Crippen molar-refractivity contribution in [3.8, 4) is 0 Å². The molecule has 13 heteroatoms. The lowest BCUT2D eigenvalue weighted by Gasteiger charge is -2.47. The molecule has 4 rings (SSSR count). The quantitative estimate of drug-likeness (QED) is 0.390. The number of urea groups is 1. The monoisotopic (exact) mass is 589 g/mol. The summed E-state index contributed by atoms with van der Waals surface area (Å²) in [5.41, 5.74) is -2.75. The topological polar surface area (TPSA) is 72.9 Å². The Morgan fingerprint density at radius 1 is 1.05 bits per heavy atom. The van der Waals surface area contributed by atoms with E-state index in [-0.39, 0.29) is 18.2 Å². The molecule has 2 aliphatic rings. The first-order valence-corrected chi connectivity index (χ1v) is 13.0. The van der Waals surface area contributed by atoms with Crippen LogP contribution in [0.4, 0.5) is 35.5 Å². The summed E-state index contributed by atoms with van der Waals surface area (Å²) in [6.07, 6.45) is -8.49. The minimum absolute atomic E-state index is 0.0362. The fourth-order valence-corrected chi connectivity index (χ4v) is 5.88. The molecule has 2 aromatic carbocycles. The van der Waals surface area contributed by atoms with Crippen molar-refractivity contribution < 1.29 is 45.4 Å². The van der Waals surface area contributed by atoms with Crippen LogP contribution in [0.1, 0.15) is 72.5 Å². The number of benzene rings is 2. The van der Waals surface area contributed by atoms with E-state index >= 15 is 0 Å². The molecule has 2 heterocycles. The van der Waals surface area contributed by atoms with Crippen LogP contribution >= 0.6 is 0 Å². The van der Waals surface area contributed by atoms with Crippen LogP contribution in [0.15, 0.2) is 36.4 Å². The lowest BCUT2D eigenvalue weighted by molar-refractivity contribution is -0.143. The number of carbonyl (C=O) groups is 2. The zero-order valence-electron chi connectivity index (χ0n) is 22.5. The Hall–Kier alpha value is -3.35. The molecule has 1 unspecified atom stereocenters. The van der Waals surface area contributed by atoms with Crippen LogP contribution in [0.3, 0.4) is 0 Å². The molecule has 1 spiro atoms. The number of carbonyl (C=O) groups excluding carboxylic acids is 1. The molecular weight excluding hydrogens is 559 g/mol. The predicted octanol–water partition coefficient (Wildman–Crippen LogP) is 6.70. The van der Waals surface area contributed by atoms with Gasteiger partial charge in [-0.05, 0) is 86.6 Å². The molecule has 4 atom stereocenters. The maximum Gasteiger partial charge on any atom is 0.416 e. The number of carboxylic acids is 1. The molecule has 224 valence electrons. The van der Waals surface area contributed by atoms with Crippen molar-refractivity contribution in [1.82, 2.24) is 15.1 Å². The SMILES string of the molecule is Cc1cc(F)ccc1[C@H]1C[C@@]2(CCC(C(=O)O)N2)CCN1C(=O)N(C)[C@H](C)c1cc(C(F)(F)F)cc(C(F)(F)F)c1. The second-order valence-corrected chi connectivity index (χ2v) is 10.9. The van der Waals surface area contributed by atoms with Gasteiger partial charge in [0.25, 0.3) is 0 Å². The van der Waals surface area contributed by atoms with Gasteiger partial charge in [-0.1, -0.05) is 6.07 Å². The normalized spacial score (nSPS) is 24.0. The number of piperidine rings is 1. The average molecular weight is 590 g/mol. The molecule has 0 saturated carbocycles.